The summed E-state index contributed by atoms with van der Waals surface area (Å²) in [6.07, 6.45) is 0.578. The van der Waals surface area contributed by atoms with E-state index in [1.54, 1.807) is 0 Å². The van der Waals surface area contributed by atoms with Crippen molar-refractivity contribution in [3.8, 4) is 0 Å². The number of rotatable bonds is 3. The van der Waals surface area contributed by atoms with Crippen LogP contribution in [0.1, 0.15) is 30.9 Å². The van der Waals surface area contributed by atoms with Crippen molar-refractivity contribution in [2.45, 2.75) is 32.2 Å². The molecule has 0 aromatic heterocycles. The highest BCUT2D eigenvalue weighted by molar-refractivity contribution is 6.19. The highest BCUT2D eigenvalue weighted by Crippen LogP contribution is 2.34. The highest BCUT2D eigenvalue weighted by Gasteiger charge is 2.43. The number of nitrogens with zero attached hydrogens (tertiary/aromatic N) is 1. The number of alkyl halides is 1. The van der Waals surface area contributed by atoms with E-state index < -0.39 is 5.54 Å². The standard InChI is InChI=1S/C14H16ClNO2/c1-10-3-5-11(6-4-10)14(2,9-15)16-12(17)7-8-13(16)18/h3-6H,7-9H2,1-2H3. The van der Waals surface area contributed by atoms with Crippen LogP contribution in [0, 0.1) is 6.92 Å². The van der Waals surface area contributed by atoms with Gasteiger partial charge in [0.2, 0.25) is 11.8 Å². The molecule has 1 aliphatic heterocycles. The predicted octanol–water partition coefficient (Wildman–Crippen LogP) is 2.60. The van der Waals surface area contributed by atoms with Crippen molar-refractivity contribution >= 4 is 23.4 Å². The van der Waals surface area contributed by atoms with E-state index in [4.69, 9.17) is 11.6 Å². The molecule has 0 bridgehead atoms. The number of imide groups is 1. The van der Waals surface area contributed by atoms with Crippen molar-refractivity contribution in [1.82, 2.24) is 4.90 Å². The van der Waals surface area contributed by atoms with Gasteiger partial charge in [-0.25, -0.2) is 0 Å². The number of hydrogen-bond donors (Lipinski definition) is 0. The Morgan fingerprint density at radius 1 is 1.17 bits per heavy atom. The first kappa shape index (κ1) is 13.1. The topological polar surface area (TPSA) is 37.4 Å². The van der Waals surface area contributed by atoms with Crippen LogP contribution in [0.2, 0.25) is 0 Å². The zero-order chi connectivity index (χ0) is 13.3. The summed E-state index contributed by atoms with van der Waals surface area (Å²) in [5, 5.41) is 0. The number of carbonyl (C=O) groups excluding carboxylic acids is 2. The van der Waals surface area contributed by atoms with Gasteiger partial charge in [0.05, 0.1) is 11.4 Å². The number of amides is 2. The monoisotopic (exact) mass is 265 g/mol. The van der Waals surface area contributed by atoms with Gasteiger partial charge in [-0.05, 0) is 19.4 Å². The van der Waals surface area contributed by atoms with Crippen molar-refractivity contribution < 1.29 is 9.59 Å². The molecule has 18 heavy (non-hydrogen) atoms. The molecule has 1 saturated heterocycles. The first-order chi connectivity index (χ1) is 8.49. The molecule has 0 aliphatic carbocycles. The minimum absolute atomic E-state index is 0.135. The summed E-state index contributed by atoms with van der Waals surface area (Å²) in [4.78, 5) is 25.1. The van der Waals surface area contributed by atoms with Crippen LogP contribution in [0.3, 0.4) is 0 Å². The van der Waals surface area contributed by atoms with E-state index in [9.17, 15) is 9.59 Å². The Morgan fingerprint density at radius 3 is 2.11 bits per heavy atom. The van der Waals surface area contributed by atoms with Crippen LogP contribution in [-0.2, 0) is 15.1 Å². The third-order valence-electron chi connectivity index (χ3n) is 3.48. The molecule has 1 aliphatic rings. The van der Waals surface area contributed by atoms with E-state index >= 15 is 0 Å². The molecular formula is C14H16ClNO2. The van der Waals surface area contributed by atoms with Gasteiger partial charge in [-0.15, -0.1) is 11.6 Å². The molecule has 0 spiro atoms. The van der Waals surface area contributed by atoms with Crippen LogP contribution in [0.25, 0.3) is 0 Å². The van der Waals surface area contributed by atoms with Gasteiger partial charge in [0.1, 0.15) is 0 Å². The first-order valence-corrected chi connectivity index (χ1v) is 6.51. The minimum Gasteiger partial charge on any atom is -0.274 e. The Balaban J connectivity index is 2.44. The molecular weight excluding hydrogens is 250 g/mol. The molecule has 0 radical (unpaired) electrons. The van der Waals surface area contributed by atoms with Crippen LogP contribution >= 0.6 is 11.6 Å². The van der Waals surface area contributed by atoms with Crippen molar-refractivity contribution in [3.63, 3.8) is 0 Å². The van der Waals surface area contributed by atoms with Gasteiger partial charge in [-0.1, -0.05) is 29.8 Å². The van der Waals surface area contributed by atoms with E-state index in [-0.39, 0.29) is 30.5 Å². The SMILES string of the molecule is Cc1ccc(C(C)(CCl)N2C(=O)CCC2=O)cc1. The quantitative estimate of drug-likeness (QED) is 0.622. The van der Waals surface area contributed by atoms with Crippen LogP contribution in [0.4, 0.5) is 0 Å². The lowest BCUT2D eigenvalue weighted by molar-refractivity contribution is -0.144. The minimum atomic E-state index is -0.750. The molecule has 0 saturated carbocycles. The van der Waals surface area contributed by atoms with Crippen molar-refractivity contribution in [3.05, 3.63) is 35.4 Å². The van der Waals surface area contributed by atoms with Crippen LogP contribution in [0.15, 0.2) is 24.3 Å². The second-order valence-electron chi connectivity index (χ2n) is 4.90. The van der Waals surface area contributed by atoms with Gasteiger partial charge >= 0.3 is 0 Å². The molecule has 1 atom stereocenters. The Morgan fingerprint density at radius 2 is 1.67 bits per heavy atom. The summed E-state index contributed by atoms with van der Waals surface area (Å²) in [7, 11) is 0. The maximum Gasteiger partial charge on any atom is 0.230 e. The van der Waals surface area contributed by atoms with E-state index in [1.165, 1.54) is 4.90 Å². The van der Waals surface area contributed by atoms with E-state index in [2.05, 4.69) is 0 Å². The number of hydrogen-bond acceptors (Lipinski definition) is 2. The van der Waals surface area contributed by atoms with E-state index in [1.807, 2.05) is 38.1 Å². The Bertz CT molecular complexity index is 467. The molecule has 2 rings (SSSR count). The molecule has 1 unspecified atom stereocenters. The lowest BCUT2D eigenvalue weighted by Crippen LogP contribution is -2.48. The number of likely N-dealkylation sites (tertiary alicyclic amines) is 1. The normalized spacial score (nSPS) is 19.2. The Labute approximate surface area is 112 Å². The lowest BCUT2D eigenvalue weighted by Gasteiger charge is -2.36. The van der Waals surface area contributed by atoms with Gasteiger partial charge in [-0.3, -0.25) is 14.5 Å². The fourth-order valence-electron chi connectivity index (χ4n) is 2.31. The number of benzene rings is 1. The molecule has 1 aromatic carbocycles. The third-order valence-corrected chi connectivity index (χ3v) is 4.00. The van der Waals surface area contributed by atoms with Crippen LogP contribution in [-0.4, -0.2) is 22.6 Å². The summed E-state index contributed by atoms with van der Waals surface area (Å²) in [6, 6.07) is 7.78. The molecule has 1 aromatic rings. The number of aryl methyl sites for hydroxylation is 1. The van der Waals surface area contributed by atoms with Crippen LogP contribution < -0.4 is 0 Å². The summed E-state index contributed by atoms with van der Waals surface area (Å²) < 4.78 is 0. The molecule has 0 N–H and O–H groups in total. The Kier molecular flexibility index (Phi) is 3.44. The summed E-state index contributed by atoms with van der Waals surface area (Å²) in [5.41, 5.74) is 1.28. The zero-order valence-electron chi connectivity index (χ0n) is 10.6. The van der Waals surface area contributed by atoms with Crippen molar-refractivity contribution in [2.24, 2.45) is 0 Å². The second-order valence-corrected chi connectivity index (χ2v) is 5.16. The number of carbonyl (C=O) groups is 2. The fourth-order valence-corrected chi connectivity index (χ4v) is 2.58. The smallest absolute Gasteiger partial charge is 0.230 e. The Hall–Kier alpha value is -1.35. The molecule has 1 fully saturated rings. The first-order valence-electron chi connectivity index (χ1n) is 5.98. The van der Waals surface area contributed by atoms with Gasteiger partial charge < -0.3 is 0 Å². The highest BCUT2D eigenvalue weighted by atomic mass is 35.5. The summed E-state index contributed by atoms with van der Waals surface area (Å²) in [5.74, 6) is -0.0690. The maximum atomic E-state index is 11.9. The second kappa shape index (κ2) is 4.73. The van der Waals surface area contributed by atoms with Gasteiger partial charge in [0, 0.05) is 12.8 Å². The third kappa shape index (κ3) is 2.03. The molecule has 1 heterocycles. The lowest BCUT2D eigenvalue weighted by atomic mass is 9.91. The van der Waals surface area contributed by atoms with Crippen LogP contribution in [0.5, 0.6) is 0 Å². The van der Waals surface area contributed by atoms with Gasteiger partial charge in [-0.2, -0.15) is 0 Å². The average Bonchev–Trinajstić information content (AvgIpc) is 2.69. The molecule has 2 amide bonds. The molecule has 4 heteroatoms. The predicted molar refractivity (Wildman–Crippen MR) is 70.3 cm³/mol. The number of halogens is 1. The zero-order valence-corrected chi connectivity index (χ0v) is 11.3. The fraction of sp³-hybridized carbons (Fsp3) is 0.429. The van der Waals surface area contributed by atoms with E-state index in [0.717, 1.165) is 11.1 Å². The van der Waals surface area contributed by atoms with Crippen molar-refractivity contribution in [2.75, 3.05) is 5.88 Å². The summed E-state index contributed by atoms with van der Waals surface area (Å²) in [6.45, 7) is 3.83. The van der Waals surface area contributed by atoms with Gasteiger partial charge in [0.15, 0.2) is 0 Å². The maximum absolute atomic E-state index is 11.9. The van der Waals surface area contributed by atoms with Crippen molar-refractivity contribution in [1.29, 1.82) is 0 Å². The largest absolute Gasteiger partial charge is 0.274 e. The van der Waals surface area contributed by atoms with E-state index in [0.29, 0.717) is 0 Å². The summed E-state index contributed by atoms with van der Waals surface area (Å²) >= 11 is 6.05. The average molecular weight is 266 g/mol. The van der Waals surface area contributed by atoms with Gasteiger partial charge in [0.25, 0.3) is 0 Å². The molecule has 96 valence electrons. The molecule has 3 nitrogen and oxygen atoms in total.